The van der Waals surface area contributed by atoms with Crippen LogP contribution in [0.1, 0.15) is 51.9 Å². The van der Waals surface area contributed by atoms with Crippen LogP contribution in [0.25, 0.3) is 0 Å². The number of anilines is 1. The molecule has 3 atom stereocenters. The third-order valence-corrected chi connectivity index (χ3v) is 8.48. The third-order valence-electron chi connectivity index (χ3n) is 7.55. The molecule has 2 aliphatic heterocycles. The summed E-state index contributed by atoms with van der Waals surface area (Å²) >= 11 is 1.85. The number of ether oxygens (including phenoxy) is 1. The van der Waals surface area contributed by atoms with E-state index in [9.17, 15) is 0 Å². The number of hydrogen-bond donors (Lipinski definition) is 2. The van der Waals surface area contributed by atoms with E-state index in [1.807, 2.05) is 11.3 Å². The van der Waals surface area contributed by atoms with Crippen molar-refractivity contribution in [1.82, 2.24) is 10.6 Å². The van der Waals surface area contributed by atoms with E-state index >= 15 is 0 Å². The zero-order valence-electron chi connectivity index (χ0n) is 17.4. The number of fused-ring (bicyclic) bond motifs is 2. The molecular weight excluding hydrogens is 495 g/mol. The van der Waals surface area contributed by atoms with Crippen molar-refractivity contribution >= 4 is 46.3 Å². The van der Waals surface area contributed by atoms with Crippen LogP contribution < -0.4 is 15.5 Å². The van der Waals surface area contributed by atoms with Gasteiger partial charge in [-0.25, -0.2) is 0 Å². The molecule has 2 N–H and O–H groups in total. The van der Waals surface area contributed by atoms with Gasteiger partial charge in [-0.3, -0.25) is 4.99 Å². The molecule has 162 valence electrons. The number of piperidine rings is 1. The van der Waals surface area contributed by atoms with Crippen LogP contribution in [0.2, 0.25) is 0 Å². The average Bonchev–Trinajstić information content (AvgIpc) is 3.48. The van der Waals surface area contributed by atoms with Crippen LogP contribution in [0.15, 0.2) is 22.5 Å². The van der Waals surface area contributed by atoms with Crippen molar-refractivity contribution in [3.8, 4) is 0 Å². The van der Waals surface area contributed by atoms with Gasteiger partial charge < -0.3 is 20.3 Å². The van der Waals surface area contributed by atoms with E-state index in [0.29, 0.717) is 29.5 Å². The van der Waals surface area contributed by atoms with Gasteiger partial charge in [-0.05, 0) is 56.5 Å². The van der Waals surface area contributed by atoms with Gasteiger partial charge in [-0.1, -0.05) is 12.8 Å². The summed E-state index contributed by atoms with van der Waals surface area (Å²) in [5.41, 5.74) is 0.375. The quantitative estimate of drug-likeness (QED) is 0.348. The number of aliphatic imine (C=N–C) groups is 1. The summed E-state index contributed by atoms with van der Waals surface area (Å²) in [7, 11) is 0. The first-order chi connectivity index (χ1) is 13.8. The number of hydrogen-bond acceptors (Lipinski definition) is 4. The maximum absolute atomic E-state index is 6.15. The summed E-state index contributed by atoms with van der Waals surface area (Å²) < 4.78 is 6.15. The Balaban J connectivity index is 0.00000205. The smallest absolute Gasteiger partial charge is 0.191 e. The molecule has 1 aromatic rings. The fourth-order valence-electron chi connectivity index (χ4n) is 6.23. The Bertz CT molecular complexity index is 683. The summed E-state index contributed by atoms with van der Waals surface area (Å²) in [5, 5.41) is 11.3. The summed E-state index contributed by atoms with van der Waals surface area (Å²) in [5.74, 6) is 1.72. The molecule has 2 aliphatic carbocycles. The van der Waals surface area contributed by atoms with E-state index in [4.69, 9.17) is 9.73 Å². The van der Waals surface area contributed by atoms with Crippen LogP contribution in [0.4, 0.5) is 5.00 Å². The second-order valence-corrected chi connectivity index (χ2v) is 9.91. The first kappa shape index (κ1) is 21.7. The fourth-order valence-corrected chi connectivity index (χ4v) is 7.02. The number of rotatable bonds is 4. The Morgan fingerprint density at radius 3 is 2.72 bits per heavy atom. The van der Waals surface area contributed by atoms with E-state index in [0.717, 1.165) is 32.2 Å². The number of halogens is 1. The minimum Gasteiger partial charge on any atom is -0.377 e. The Hall–Kier alpha value is -0.540. The Morgan fingerprint density at radius 2 is 2.03 bits per heavy atom. The van der Waals surface area contributed by atoms with Crippen molar-refractivity contribution in [3.63, 3.8) is 0 Å². The lowest BCUT2D eigenvalue weighted by atomic mass is 9.54. The molecule has 29 heavy (non-hydrogen) atoms. The van der Waals surface area contributed by atoms with Crippen molar-refractivity contribution < 1.29 is 4.74 Å². The van der Waals surface area contributed by atoms with Crippen molar-refractivity contribution in [3.05, 3.63) is 17.5 Å². The number of nitrogens with one attached hydrogen (secondary N) is 2. The van der Waals surface area contributed by atoms with Crippen LogP contribution in [0.5, 0.6) is 0 Å². The summed E-state index contributed by atoms with van der Waals surface area (Å²) in [6, 6.07) is 5.45. The number of thiophene rings is 1. The van der Waals surface area contributed by atoms with E-state index < -0.39 is 0 Å². The molecule has 7 heteroatoms. The molecule has 0 aromatic carbocycles. The molecule has 0 bridgehead atoms. The van der Waals surface area contributed by atoms with Gasteiger partial charge in [0.1, 0.15) is 0 Å². The highest BCUT2D eigenvalue weighted by Crippen LogP contribution is 2.60. The highest BCUT2D eigenvalue weighted by molar-refractivity contribution is 14.0. The highest BCUT2D eigenvalue weighted by atomic mass is 127. The lowest BCUT2D eigenvalue weighted by Crippen LogP contribution is -2.69. The average molecular weight is 531 g/mol. The van der Waals surface area contributed by atoms with Crippen molar-refractivity contribution in [2.45, 2.75) is 70.1 Å². The Labute approximate surface area is 196 Å². The second kappa shape index (κ2) is 9.30. The molecule has 1 spiro atoms. The SMILES string of the molecule is CCN=C(NC1CCN(c2cccs2)CC1)NC1C2CCOC2C12CCCC2.I. The van der Waals surface area contributed by atoms with Gasteiger partial charge >= 0.3 is 0 Å². The van der Waals surface area contributed by atoms with E-state index in [2.05, 4.69) is 40.0 Å². The Morgan fingerprint density at radius 1 is 1.24 bits per heavy atom. The van der Waals surface area contributed by atoms with E-state index in [1.165, 1.54) is 49.9 Å². The summed E-state index contributed by atoms with van der Waals surface area (Å²) in [4.78, 5) is 7.34. The van der Waals surface area contributed by atoms with Crippen LogP contribution in [-0.2, 0) is 4.74 Å². The van der Waals surface area contributed by atoms with Crippen LogP contribution >= 0.6 is 35.3 Å². The molecule has 2 saturated heterocycles. The topological polar surface area (TPSA) is 48.9 Å². The van der Waals surface area contributed by atoms with E-state index in [-0.39, 0.29) is 24.0 Å². The lowest BCUT2D eigenvalue weighted by molar-refractivity contribution is -0.125. The fraction of sp³-hybridized carbons (Fsp3) is 0.773. The van der Waals surface area contributed by atoms with Crippen LogP contribution in [0.3, 0.4) is 0 Å². The lowest BCUT2D eigenvalue weighted by Gasteiger charge is -2.57. The highest BCUT2D eigenvalue weighted by Gasteiger charge is 2.65. The largest absolute Gasteiger partial charge is 0.377 e. The predicted molar refractivity (Wildman–Crippen MR) is 132 cm³/mol. The molecule has 2 saturated carbocycles. The second-order valence-electron chi connectivity index (χ2n) is 8.99. The van der Waals surface area contributed by atoms with Crippen molar-refractivity contribution in [1.29, 1.82) is 0 Å². The number of guanidine groups is 1. The molecular formula is C22H35IN4OS. The summed E-state index contributed by atoms with van der Waals surface area (Å²) in [6.07, 6.45) is 9.43. The zero-order chi connectivity index (χ0) is 19.0. The van der Waals surface area contributed by atoms with Gasteiger partial charge in [0.05, 0.1) is 11.1 Å². The maximum Gasteiger partial charge on any atom is 0.191 e. The molecule has 1 aromatic heterocycles. The third kappa shape index (κ3) is 4.03. The molecule has 4 aliphatic rings. The van der Waals surface area contributed by atoms with Gasteiger partial charge in [-0.2, -0.15) is 0 Å². The minimum absolute atomic E-state index is 0. The molecule has 0 amide bonds. The van der Waals surface area contributed by atoms with Crippen LogP contribution in [0, 0.1) is 11.3 Å². The van der Waals surface area contributed by atoms with Gasteiger partial charge in [0.25, 0.3) is 0 Å². The zero-order valence-corrected chi connectivity index (χ0v) is 20.6. The molecule has 0 radical (unpaired) electrons. The van der Waals surface area contributed by atoms with Gasteiger partial charge in [-0.15, -0.1) is 35.3 Å². The van der Waals surface area contributed by atoms with Crippen molar-refractivity contribution in [2.75, 3.05) is 31.1 Å². The van der Waals surface area contributed by atoms with Crippen LogP contribution in [-0.4, -0.2) is 50.4 Å². The monoisotopic (exact) mass is 530 g/mol. The summed E-state index contributed by atoms with van der Waals surface area (Å²) in [6.45, 7) is 6.17. The van der Waals surface area contributed by atoms with Gasteiger partial charge in [0, 0.05) is 49.7 Å². The first-order valence-corrected chi connectivity index (χ1v) is 12.2. The standard InChI is InChI=1S/C22H34N4OS.HI/c1-2-23-21(24-16-7-12-26(13-8-16)18-6-5-15-28-18)25-19-17-9-14-27-20(17)22(19)10-3-4-11-22;/h5-6,15-17,19-20H,2-4,7-14H2,1H3,(H2,23,24,25);1H. The molecule has 5 rings (SSSR count). The van der Waals surface area contributed by atoms with Crippen molar-refractivity contribution in [2.24, 2.45) is 16.3 Å². The van der Waals surface area contributed by atoms with Gasteiger partial charge in [0.2, 0.25) is 0 Å². The molecule has 5 nitrogen and oxygen atoms in total. The maximum atomic E-state index is 6.15. The molecule has 3 unspecified atom stereocenters. The first-order valence-electron chi connectivity index (χ1n) is 11.3. The molecule has 4 fully saturated rings. The van der Waals surface area contributed by atoms with E-state index in [1.54, 1.807) is 0 Å². The van der Waals surface area contributed by atoms with Gasteiger partial charge in [0.15, 0.2) is 5.96 Å². The minimum atomic E-state index is 0. The number of nitrogens with zero attached hydrogens (tertiary/aromatic N) is 2. The molecule has 3 heterocycles. The predicted octanol–water partition coefficient (Wildman–Crippen LogP) is 4.24. The Kier molecular flexibility index (Phi) is 6.96. The normalized spacial score (nSPS) is 31.3.